The summed E-state index contributed by atoms with van der Waals surface area (Å²) in [5, 5.41) is 13.4. The number of nitrogens with one attached hydrogen (secondary N) is 1. The molecule has 0 amide bonds. The molecule has 2 N–H and O–H groups in total. The molecule has 0 aliphatic heterocycles. The van der Waals surface area contributed by atoms with E-state index in [1.54, 1.807) is 6.07 Å². The molecule has 2 rings (SSSR count). The molecule has 21 heavy (non-hydrogen) atoms. The molecule has 1 aromatic heterocycles. The third kappa shape index (κ3) is 5.32. The van der Waals surface area contributed by atoms with Crippen LogP contribution in [0.2, 0.25) is 10.0 Å². The van der Waals surface area contributed by atoms with Gasteiger partial charge in [-0.3, -0.25) is 4.79 Å². The SMILES string of the molecule is O=C(O)Cc1ccc(CNCCc2ccc(Cl)cc2Cl)s1. The molecular weight excluding hydrogens is 329 g/mol. The van der Waals surface area contributed by atoms with Crippen LogP contribution in [0.1, 0.15) is 15.3 Å². The molecule has 2 aromatic rings. The zero-order chi connectivity index (χ0) is 15.2. The molecule has 0 unspecified atom stereocenters. The van der Waals surface area contributed by atoms with Crippen molar-refractivity contribution in [3.63, 3.8) is 0 Å². The van der Waals surface area contributed by atoms with Gasteiger partial charge >= 0.3 is 5.97 Å². The maximum atomic E-state index is 10.6. The number of carbonyl (C=O) groups is 1. The van der Waals surface area contributed by atoms with Crippen LogP contribution in [0.25, 0.3) is 0 Å². The third-order valence-corrected chi connectivity index (χ3v) is 4.60. The summed E-state index contributed by atoms with van der Waals surface area (Å²) in [6.07, 6.45) is 0.911. The molecule has 112 valence electrons. The third-order valence-electron chi connectivity index (χ3n) is 2.93. The fourth-order valence-corrected chi connectivity index (χ4v) is 3.40. The minimum Gasteiger partial charge on any atom is -0.481 e. The predicted octanol–water partition coefficient (Wildman–Crippen LogP) is 4.01. The Kier molecular flexibility index (Phi) is 6.06. The molecule has 0 spiro atoms. The minimum atomic E-state index is -0.797. The second kappa shape index (κ2) is 7.80. The highest BCUT2D eigenvalue weighted by molar-refractivity contribution is 7.12. The maximum absolute atomic E-state index is 10.6. The first-order chi connectivity index (χ1) is 10.0. The van der Waals surface area contributed by atoms with Crippen molar-refractivity contribution in [2.24, 2.45) is 0 Å². The molecule has 0 radical (unpaired) electrons. The quantitative estimate of drug-likeness (QED) is 0.746. The predicted molar refractivity (Wildman–Crippen MR) is 87.5 cm³/mol. The molecule has 0 aliphatic carbocycles. The average molecular weight is 344 g/mol. The number of rotatable bonds is 7. The number of carboxylic acids is 1. The van der Waals surface area contributed by atoms with Crippen LogP contribution >= 0.6 is 34.5 Å². The van der Waals surface area contributed by atoms with Gasteiger partial charge in [0, 0.05) is 26.3 Å². The molecule has 0 saturated carbocycles. The lowest BCUT2D eigenvalue weighted by Crippen LogP contribution is -2.16. The highest BCUT2D eigenvalue weighted by Gasteiger charge is 2.05. The van der Waals surface area contributed by atoms with E-state index in [-0.39, 0.29) is 6.42 Å². The van der Waals surface area contributed by atoms with E-state index in [4.69, 9.17) is 28.3 Å². The lowest BCUT2D eigenvalue weighted by atomic mass is 10.1. The van der Waals surface area contributed by atoms with E-state index in [2.05, 4.69) is 5.32 Å². The molecular formula is C15H15Cl2NO2S. The van der Waals surface area contributed by atoms with Crippen molar-refractivity contribution in [2.45, 2.75) is 19.4 Å². The fourth-order valence-electron chi connectivity index (χ4n) is 1.92. The zero-order valence-electron chi connectivity index (χ0n) is 11.2. The summed E-state index contributed by atoms with van der Waals surface area (Å²) in [6.45, 7) is 1.53. The molecule has 1 heterocycles. The number of halogens is 2. The van der Waals surface area contributed by atoms with Crippen LogP contribution in [0, 0.1) is 0 Å². The van der Waals surface area contributed by atoms with Crippen LogP contribution < -0.4 is 5.32 Å². The first kappa shape index (κ1) is 16.3. The summed E-state index contributed by atoms with van der Waals surface area (Å²) < 4.78 is 0. The van der Waals surface area contributed by atoms with Gasteiger partial charge in [-0.2, -0.15) is 0 Å². The van der Waals surface area contributed by atoms with E-state index in [9.17, 15) is 4.79 Å². The smallest absolute Gasteiger partial charge is 0.308 e. The number of thiophene rings is 1. The van der Waals surface area contributed by atoms with Crippen molar-refractivity contribution in [1.29, 1.82) is 0 Å². The molecule has 0 saturated heterocycles. The normalized spacial score (nSPS) is 10.8. The summed E-state index contributed by atoms with van der Waals surface area (Å²) in [7, 11) is 0. The van der Waals surface area contributed by atoms with Crippen molar-refractivity contribution < 1.29 is 9.90 Å². The molecule has 0 fully saturated rings. The molecule has 0 aliphatic rings. The van der Waals surface area contributed by atoms with Crippen LogP contribution in [0.15, 0.2) is 30.3 Å². The van der Waals surface area contributed by atoms with Crippen molar-refractivity contribution in [2.75, 3.05) is 6.54 Å². The van der Waals surface area contributed by atoms with Gasteiger partial charge in [0.15, 0.2) is 0 Å². The Morgan fingerprint density at radius 3 is 2.67 bits per heavy atom. The van der Waals surface area contributed by atoms with Gasteiger partial charge in [0.2, 0.25) is 0 Å². The second-order valence-electron chi connectivity index (χ2n) is 4.60. The highest BCUT2D eigenvalue weighted by atomic mass is 35.5. The Morgan fingerprint density at radius 1 is 1.19 bits per heavy atom. The van der Waals surface area contributed by atoms with Crippen LogP contribution in [0.5, 0.6) is 0 Å². The molecule has 0 atom stereocenters. The van der Waals surface area contributed by atoms with Crippen molar-refractivity contribution in [1.82, 2.24) is 5.32 Å². The van der Waals surface area contributed by atoms with Gasteiger partial charge in [0.1, 0.15) is 0 Å². The summed E-state index contributed by atoms with van der Waals surface area (Å²) in [6, 6.07) is 9.34. The van der Waals surface area contributed by atoms with Crippen LogP contribution in [-0.4, -0.2) is 17.6 Å². The first-order valence-corrected chi connectivity index (χ1v) is 8.06. The minimum absolute atomic E-state index is 0.0883. The standard InChI is InChI=1S/C15H15Cl2NO2S/c16-11-2-1-10(14(17)7-11)5-6-18-9-13-4-3-12(21-13)8-15(19)20/h1-4,7,18H,5-6,8-9H2,(H,19,20). The van der Waals surface area contributed by atoms with E-state index in [1.807, 2.05) is 24.3 Å². The average Bonchev–Trinajstić information content (AvgIpc) is 2.83. The molecule has 0 bridgehead atoms. The number of carboxylic acid groups (broad SMARTS) is 1. The Labute approximate surface area is 137 Å². The summed E-state index contributed by atoms with van der Waals surface area (Å²) in [4.78, 5) is 12.6. The number of hydrogen-bond acceptors (Lipinski definition) is 3. The lowest BCUT2D eigenvalue weighted by Gasteiger charge is -2.06. The summed E-state index contributed by atoms with van der Waals surface area (Å²) >= 11 is 13.5. The van der Waals surface area contributed by atoms with Gasteiger partial charge in [-0.25, -0.2) is 0 Å². The molecule has 1 aromatic carbocycles. The summed E-state index contributed by atoms with van der Waals surface area (Å²) in [5.74, 6) is -0.797. The number of hydrogen-bond donors (Lipinski definition) is 2. The van der Waals surface area contributed by atoms with Gasteiger partial charge in [0.05, 0.1) is 6.42 Å². The van der Waals surface area contributed by atoms with Crippen LogP contribution in [0.3, 0.4) is 0 Å². The Balaban J connectivity index is 1.76. The lowest BCUT2D eigenvalue weighted by molar-refractivity contribution is -0.136. The number of benzene rings is 1. The van der Waals surface area contributed by atoms with Gasteiger partial charge in [-0.15, -0.1) is 11.3 Å². The van der Waals surface area contributed by atoms with E-state index in [0.717, 1.165) is 34.8 Å². The Morgan fingerprint density at radius 2 is 1.95 bits per heavy atom. The van der Waals surface area contributed by atoms with Crippen LogP contribution in [0.4, 0.5) is 0 Å². The van der Waals surface area contributed by atoms with Crippen molar-refractivity contribution in [3.8, 4) is 0 Å². The Hall–Kier alpha value is -1.07. The van der Waals surface area contributed by atoms with E-state index >= 15 is 0 Å². The topological polar surface area (TPSA) is 49.3 Å². The zero-order valence-corrected chi connectivity index (χ0v) is 13.6. The molecule has 6 heteroatoms. The van der Waals surface area contributed by atoms with Crippen molar-refractivity contribution >= 4 is 40.5 Å². The molecule has 3 nitrogen and oxygen atoms in total. The van der Waals surface area contributed by atoms with Crippen LogP contribution in [-0.2, 0) is 24.2 Å². The van der Waals surface area contributed by atoms with E-state index in [1.165, 1.54) is 11.3 Å². The highest BCUT2D eigenvalue weighted by Crippen LogP contribution is 2.21. The van der Waals surface area contributed by atoms with Gasteiger partial charge < -0.3 is 10.4 Å². The maximum Gasteiger partial charge on any atom is 0.308 e. The monoisotopic (exact) mass is 343 g/mol. The second-order valence-corrected chi connectivity index (χ2v) is 6.70. The van der Waals surface area contributed by atoms with Gasteiger partial charge in [-0.05, 0) is 42.8 Å². The van der Waals surface area contributed by atoms with E-state index in [0.29, 0.717) is 10.0 Å². The van der Waals surface area contributed by atoms with Gasteiger partial charge in [0.25, 0.3) is 0 Å². The Bertz CT molecular complexity index is 628. The first-order valence-electron chi connectivity index (χ1n) is 6.48. The van der Waals surface area contributed by atoms with Gasteiger partial charge in [-0.1, -0.05) is 29.3 Å². The van der Waals surface area contributed by atoms with E-state index < -0.39 is 5.97 Å². The largest absolute Gasteiger partial charge is 0.481 e. The summed E-state index contributed by atoms with van der Waals surface area (Å²) in [5.41, 5.74) is 1.06. The number of aliphatic carboxylic acids is 1. The van der Waals surface area contributed by atoms with Crippen molar-refractivity contribution in [3.05, 3.63) is 55.7 Å². The fraction of sp³-hybridized carbons (Fsp3) is 0.267.